The summed E-state index contributed by atoms with van der Waals surface area (Å²) in [6, 6.07) is 7.15. The molecule has 0 spiro atoms. The highest BCUT2D eigenvalue weighted by atomic mass is 19.1. The van der Waals surface area contributed by atoms with Gasteiger partial charge in [-0.3, -0.25) is 14.2 Å². The van der Waals surface area contributed by atoms with E-state index in [2.05, 4.69) is 32.3 Å². The Bertz CT molecular complexity index is 1140. The molecule has 1 amide bonds. The van der Waals surface area contributed by atoms with Crippen molar-refractivity contribution in [3.8, 4) is 0 Å². The Morgan fingerprint density at radius 3 is 2.86 bits per heavy atom. The number of piperidine rings is 1. The van der Waals surface area contributed by atoms with Crippen molar-refractivity contribution >= 4 is 22.9 Å². The molecule has 2 aliphatic heterocycles. The van der Waals surface area contributed by atoms with Gasteiger partial charge in [0.05, 0.1) is 29.5 Å². The van der Waals surface area contributed by atoms with Crippen LogP contribution >= 0.6 is 0 Å². The van der Waals surface area contributed by atoms with Crippen LogP contribution in [0.3, 0.4) is 0 Å². The average Bonchev–Trinajstić information content (AvgIpc) is 3.30. The molecule has 0 bridgehead atoms. The largest absolute Gasteiger partial charge is 0.363 e. The van der Waals surface area contributed by atoms with E-state index < -0.39 is 5.91 Å². The van der Waals surface area contributed by atoms with Crippen LogP contribution in [0.15, 0.2) is 36.7 Å². The second-order valence-corrected chi connectivity index (χ2v) is 7.47. The van der Waals surface area contributed by atoms with Crippen LogP contribution in [0.4, 0.5) is 4.39 Å². The summed E-state index contributed by atoms with van der Waals surface area (Å²) in [4.78, 5) is 18.4. The lowest BCUT2D eigenvalue weighted by molar-refractivity contribution is 0.0989. The van der Waals surface area contributed by atoms with Gasteiger partial charge < -0.3 is 16.0 Å². The molecule has 3 N–H and O–H groups in total. The first-order chi connectivity index (χ1) is 14.0. The van der Waals surface area contributed by atoms with E-state index in [0.29, 0.717) is 17.4 Å². The summed E-state index contributed by atoms with van der Waals surface area (Å²) >= 11 is 0. The molecule has 9 heteroatoms. The molecule has 1 fully saturated rings. The normalized spacial score (nSPS) is 21.4. The van der Waals surface area contributed by atoms with E-state index in [4.69, 9.17) is 5.73 Å². The quantitative estimate of drug-likeness (QED) is 0.706. The van der Waals surface area contributed by atoms with E-state index in [-0.39, 0.29) is 17.8 Å². The zero-order valence-electron chi connectivity index (χ0n) is 15.8. The Hall–Kier alpha value is -3.49. The summed E-state index contributed by atoms with van der Waals surface area (Å²) in [5.74, 6) is -0.937. The molecule has 3 aromatic rings. The number of rotatable bonds is 3. The molecule has 3 aromatic heterocycles. The van der Waals surface area contributed by atoms with E-state index in [9.17, 15) is 9.18 Å². The first kappa shape index (κ1) is 17.6. The smallest absolute Gasteiger partial charge is 0.287 e. The fourth-order valence-corrected chi connectivity index (χ4v) is 4.29. The standard InChI is InChI=1S/C20H20FN7O/c1-11-3-2-4-15-24-17(14-7-6-13(21)9-23-14)18(28(11)15)12-5-8-16-25-26-20(19(22)29)27(16)10-12/h5-11,15,24H,2-4H2,1H3,(H2,22,29). The first-order valence-corrected chi connectivity index (χ1v) is 9.59. The zero-order valence-corrected chi connectivity index (χ0v) is 15.8. The van der Waals surface area contributed by atoms with Crippen molar-refractivity contribution in [1.82, 2.24) is 29.8 Å². The number of carbonyl (C=O) groups is 1. The second kappa shape index (κ2) is 6.54. The minimum absolute atomic E-state index is 0.0816. The molecular weight excluding hydrogens is 373 g/mol. The summed E-state index contributed by atoms with van der Waals surface area (Å²) in [7, 11) is 0. The van der Waals surface area contributed by atoms with Crippen LogP contribution in [-0.2, 0) is 0 Å². The van der Waals surface area contributed by atoms with Crippen LogP contribution in [0, 0.1) is 5.82 Å². The van der Waals surface area contributed by atoms with Gasteiger partial charge in [-0.15, -0.1) is 10.2 Å². The van der Waals surface area contributed by atoms with Crippen molar-refractivity contribution < 1.29 is 9.18 Å². The van der Waals surface area contributed by atoms with E-state index in [1.54, 1.807) is 16.5 Å². The van der Waals surface area contributed by atoms with Gasteiger partial charge in [0.25, 0.3) is 5.91 Å². The Balaban J connectivity index is 1.71. The SMILES string of the molecule is CC1CCCC2NC(c3ccc(F)cn3)=C(c3ccc4nnc(C(N)=O)n4c3)N12. The molecule has 2 unspecified atom stereocenters. The predicted molar refractivity (Wildman–Crippen MR) is 105 cm³/mol. The van der Waals surface area contributed by atoms with Crippen molar-refractivity contribution in [2.45, 2.75) is 38.4 Å². The number of nitrogens with two attached hydrogens (primary N) is 1. The topological polar surface area (TPSA) is 101 Å². The lowest BCUT2D eigenvalue weighted by Crippen LogP contribution is -2.45. The van der Waals surface area contributed by atoms with E-state index in [0.717, 1.165) is 36.2 Å². The number of amides is 1. The van der Waals surface area contributed by atoms with Crippen LogP contribution in [0.5, 0.6) is 0 Å². The fraction of sp³-hybridized carbons (Fsp3) is 0.300. The molecule has 2 atom stereocenters. The highest BCUT2D eigenvalue weighted by Gasteiger charge is 2.38. The highest BCUT2D eigenvalue weighted by molar-refractivity contribution is 5.92. The third-order valence-electron chi connectivity index (χ3n) is 5.60. The van der Waals surface area contributed by atoms with Crippen molar-refractivity contribution in [2.75, 3.05) is 0 Å². The molecule has 8 nitrogen and oxygen atoms in total. The monoisotopic (exact) mass is 393 g/mol. The lowest BCUT2D eigenvalue weighted by atomic mass is 10.00. The molecule has 2 aliphatic rings. The molecule has 5 heterocycles. The number of halogens is 1. The molecule has 0 aliphatic carbocycles. The first-order valence-electron chi connectivity index (χ1n) is 9.59. The van der Waals surface area contributed by atoms with Crippen molar-refractivity contribution in [3.63, 3.8) is 0 Å². The molecule has 0 aromatic carbocycles. The van der Waals surface area contributed by atoms with E-state index in [1.165, 1.54) is 12.3 Å². The minimum atomic E-state index is -0.641. The zero-order chi connectivity index (χ0) is 20.1. The number of primary amides is 1. The van der Waals surface area contributed by atoms with E-state index >= 15 is 0 Å². The van der Waals surface area contributed by atoms with Crippen molar-refractivity contribution in [1.29, 1.82) is 0 Å². The van der Waals surface area contributed by atoms with Gasteiger partial charge >= 0.3 is 0 Å². The molecule has 148 valence electrons. The van der Waals surface area contributed by atoms with Gasteiger partial charge in [0, 0.05) is 17.8 Å². The van der Waals surface area contributed by atoms with Crippen LogP contribution < -0.4 is 11.1 Å². The summed E-state index contributed by atoms with van der Waals surface area (Å²) in [6.07, 6.45) is 6.38. The van der Waals surface area contributed by atoms with Crippen molar-refractivity contribution in [2.24, 2.45) is 5.73 Å². The maximum Gasteiger partial charge on any atom is 0.287 e. The lowest BCUT2D eigenvalue weighted by Gasteiger charge is -2.39. The molecule has 0 saturated carbocycles. The van der Waals surface area contributed by atoms with Gasteiger partial charge in [-0.25, -0.2) is 4.39 Å². The molecule has 1 saturated heterocycles. The van der Waals surface area contributed by atoms with E-state index in [1.807, 2.05) is 12.3 Å². The number of hydrogen-bond acceptors (Lipinski definition) is 6. The third kappa shape index (κ3) is 2.81. The van der Waals surface area contributed by atoms with Gasteiger partial charge in [-0.2, -0.15) is 0 Å². The van der Waals surface area contributed by atoms with Crippen LogP contribution in [0.2, 0.25) is 0 Å². The minimum Gasteiger partial charge on any atom is -0.363 e. The average molecular weight is 393 g/mol. The number of carbonyl (C=O) groups excluding carboxylic acids is 1. The van der Waals surface area contributed by atoms with Gasteiger partial charge in [-0.1, -0.05) is 0 Å². The van der Waals surface area contributed by atoms with Gasteiger partial charge in [0.1, 0.15) is 5.82 Å². The van der Waals surface area contributed by atoms with Gasteiger partial charge in [-0.05, 0) is 50.5 Å². The van der Waals surface area contributed by atoms with Gasteiger partial charge in [0.15, 0.2) is 5.65 Å². The predicted octanol–water partition coefficient (Wildman–Crippen LogP) is 1.99. The molecule has 0 radical (unpaired) electrons. The Labute approximate surface area is 166 Å². The summed E-state index contributed by atoms with van der Waals surface area (Å²) in [5, 5.41) is 11.5. The third-order valence-corrected chi connectivity index (χ3v) is 5.60. The number of pyridine rings is 2. The fourth-order valence-electron chi connectivity index (χ4n) is 4.29. The number of nitrogens with one attached hydrogen (secondary N) is 1. The Kier molecular flexibility index (Phi) is 3.97. The Morgan fingerprint density at radius 2 is 2.10 bits per heavy atom. The summed E-state index contributed by atoms with van der Waals surface area (Å²) in [5.41, 5.74) is 9.34. The van der Waals surface area contributed by atoms with Crippen LogP contribution in [0.25, 0.3) is 17.0 Å². The number of fused-ring (bicyclic) bond motifs is 2. The molecule has 5 rings (SSSR count). The number of aromatic nitrogens is 4. The number of hydrogen-bond donors (Lipinski definition) is 2. The second-order valence-electron chi connectivity index (χ2n) is 7.47. The maximum absolute atomic E-state index is 13.4. The molecular formula is C20H20FN7O. The number of nitrogens with zero attached hydrogens (tertiary/aromatic N) is 5. The van der Waals surface area contributed by atoms with Gasteiger partial charge in [0.2, 0.25) is 5.82 Å². The highest BCUT2D eigenvalue weighted by Crippen LogP contribution is 2.40. The van der Waals surface area contributed by atoms with Crippen LogP contribution in [-0.4, -0.2) is 42.6 Å². The summed E-state index contributed by atoms with van der Waals surface area (Å²) < 4.78 is 15.0. The van der Waals surface area contributed by atoms with Crippen molar-refractivity contribution in [3.05, 3.63) is 59.6 Å². The Morgan fingerprint density at radius 1 is 1.24 bits per heavy atom. The molecule has 29 heavy (non-hydrogen) atoms. The van der Waals surface area contributed by atoms with Crippen LogP contribution in [0.1, 0.15) is 48.1 Å². The summed E-state index contributed by atoms with van der Waals surface area (Å²) in [6.45, 7) is 2.20. The maximum atomic E-state index is 13.4.